The molecule has 0 saturated heterocycles. The third kappa shape index (κ3) is 6.07. The fourth-order valence-corrected chi connectivity index (χ4v) is 3.79. The van der Waals surface area contributed by atoms with Crippen molar-refractivity contribution in [1.82, 2.24) is 10.3 Å². The van der Waals surface area contributed by atoms with E-state index in [1.165, 1.54) is 0 Å². The van der Waals surface area contributed by atoms with Gasteiger partial charge in [-0.1, -0.05) is 42.5 Å². The topological polar surface area (TPSA) is 89.5 Å². The average Bonchev–Trinajstić information content (AvgIpc) is 2.93. The zero-order chi connectivity index (χ0) is 25.3. The van der Waals surface area contributed by atoms with Gasteiger partial charge in [0.25, 0.3) is 5.91 Å². The maximum atomic E-state index is 13.1. The van der Waals surface area contributed by atoms with E-state index in [1.807, 2.05) is 54.6 Å². The number of carbonyl (C=O) groups excluding carboxylic acids is 2. The highest BCUT2D eigenvalue weighted by Crippen LogP contribution is 2.27. The number of rotatable bonds is 9. The van der Waals surface area contributed by atoms with Gasteiger partial charge < -0.3 is 20.1 Å². The van der Waals surface area contributed by atoms with Crippen molar-refractivity contribution in [3.63, 3.8) is 0 Å². The molecule has 0 fully saturated rings. The number of aromatic nitrogens is 1. The quantitative estimate of drug-likeness (QED) is 0.356. The minimum absolute atomic E-state index is 0.0985. The van der Waals surface area contributed by atoms with Gasteiger partial charge >= 0.3 is 0 Å². The van der Waals surface area contributed by atoms with E-state index in [1.54, 1.807) is 50.7 Å². The largest absolute Gasteiger partial charge is 0.497 e. The number of pyridine rings is 1. The maximum Gasteiger partial charge on any atom is 0.274 e. The van der Waals surface area contributed by atoms with E-state index in [2.05, 4.69) is 15.6 Å². The second kappa shape index (κ2) is 11.7. The highest BCUT2D eigenvalue weighted by molar-refractivity contribution is 6.07. The van der Waals surface area contributed by atoms with E-state index in [-0.39, 0.29) is 18.2 Å². The van der Waals surface area contributed by atoms with Crippen molar-refractivity contribution in [1.29, 1.82) is 0 Å². The number of nitrogens with zero attached hydrogens (tertiary/aromatic N) is 1. The van der Waals surface area contributed by atoms with E-state index in [0.717, 1.165) is 22.4 Å². The van der Waals surface area contributed by atoms with Crippen molar-refractivity contribution in [3.8, 4) is 22.6 Å². The molecule has 36 heavy (non-hydrogen) atoms. The van der Waals surface area contributed by atoms with Gasteiger partial charge in [-0.2, -0.15) is 0 Å². The minimum atomic E-state index is -0.325. The van der Waals surface area contributed by atoms with Crippen molar-refractivity contribution < 1.29 is 19.1 Å². The normalized spacial score (nSPS) is 10.4. The summed E-state index contributed by atoms with van der Waals surface area (Å²) >= 11 is 0. The molecule has 0 bridgehead atoms. The number of nitrogens with one attached hydrogen (secondary N) is 2. The predicted octanol–water partition coefficient (Wildman–Crippen LogP) is 4.88. The lowest BCUT2D eigenvalue weighted by molar-refractivity contribution is -0.120. The first kappa shape index (κ1) is 24.5. The number of methoxy groups -OCH3 is 2. The Morgan fingerprint density at radius 3 is 2.11 bits per heavy atom. The molecule has 0 unspecified atom stereocenters. The minimum Gasteiger partial charge on any atom is -0.497 e. The second-order valence-corrected chi connectivity index (χ2v) is 8.04. The number of anilines is 1. The summed E-state index contributed by atoms with van der Waals surface area (Å²) in [7, 11) is 3.20. The van der Waals surface area contributed by atoms with Crippen molar-refractivity contribution >= 4 is 17.5 Å². The molecule has 4 aromatic rings. The summed E-state index contributed by atoms with van der Waals surface area (Å²) in [5.74, 6) is 1.03. The summed E-state index contributed by atoms with van der Waals surface area (Å²) in [6.45, 7) is 0.319. The molecule has 0 saturated carbocycles. The molecule has 1 heterocycles. The molecular formula is C29H27N3O4. The molecule has 0 radical (unpaired) electrons. The fourth-order valence-electron chi connectivity index (χ4n) is 3.79. The molecule has 0 atom stereocenters. The third-order valence-electron chi connectivity index (χ3n) is 5.68. The number of hydrogen-bond donors (Lipinski definition) is 2. The first-order chi connectivity index (χ1) is 17.6. The van der Waals surface area contributed by atoms with Gasteiger partial charge in [-0.25, -0.2) is 0 Å². The molecule has 3 aromatic carbocycles. The first-order valence-corrected chi connectivity index (χ1v) is 11.5. The standard InChI is InChI=1S/C29H27N3O4/c1-35-23-13-9-20(10-14-23)18-27(33)31-19-21-6-3-4-7-25(21)26-8-5-17-30-28(26)29(34)32-22-11-15-24(36-2)16-12-22/h3-17H,18-19H2,1-2H3,(H,31,33)(H,32,34). The highest BCUT2D eigenvalue weighted by Gasteiger charge is 2.17. The van der Waals surface area contributed by atoms with Crippen LogP contribution in [0.3, 0.4) is 0 Å². The molecule has 4 rings (SSSR count). The molecule has 7 heteroatoms. The van der Waals surface area contributed by atoms with Gasteiger partial charge in [0, 0.05) is 24.0 Å². The Morgan fingerprint density at radius 2 is 1.42 bits per heavy atom. The van der Waals surface area contributed by atoms with Crippen molar-refractivity contribution in [2.45, 2.75) is 13.0 Å². The number of amides is 2. The molecule has 0 aliphatic heterocycles. The van der Waals surface area contributed by atoms with Crippen molar-refractivity contribution in [2.24, 2.45) is 0 Å². The van der Waals surface area contributed by atoms with E-state index in [9.17, 15) is 9.59 Å². The van der Waals surface area contributed by atoms with Crippen LogP contribution in [-0.2, 0) is 17.8 Å². The summed E-state index contributed by atoms with van der Waals surface area (Å²) in [4.78, 5) is 30.0. The lowest BCUT2D eigenvalue weighted by Gasteiger charge is -2.14. The van der Waals surface area contributed by atoms with Gasteiger partial charge in [-0.3, -0.25) is 14.6 Å². The van der Waals surface area contributed by atoms with Gasteiger partial charge in [0.2, 0.25) is 5.91 Å². The SMILES string of the molecule is COc1ccc(CC(=O)NCc2ccccc2-c2cccnc2C(=O)Nc2ccc(OC)cc2)cc1. The Morgan fingerprint density at radius 1 is 0.778 bits per heavy atom. The number of ether oxygens (including phenoxy) is 2. The van der Waals surface area contributed by atoms with E-state index >= 15 is 0 Å². The molecule has 0 aliphatic carbocycles. The van der Waals surface area contributed by atoms with E-state index in [4.69, 9.17) is 9.47 Å². The highest BCUT2D eigenvalue weighted by atomic mass is 16.5. The Kier molecular flexibility index (Phi) is 7.93. The zero-order valence-electron chi connectivity index (χ0n) is 20.2. The Bertz CT molecular complexity index is 1340. The summed E-state index contributed by atoms with van der Waals surface area (Å²) in [5, 5.41) is 5.87. The molecule has 1 aromatic heterocycles. The fraction of sp³-hybridized carbons (Fsp3) is 0.138. The van der Waals surface area contributed by atoms with Crippen LogP contribution >= 0.6 is 0 Å². The second-order valence-electron chi connectivity index (χ2n) is 8.04. The molecule has 0 spiro atoms. The molecule has 2 amide bonds. The van der Waals surface area contributed by atoms with Crippen LogP contribution < -0.4 is 20.1 Å². The van der Waals surface area contributed by atoms with Gasteiger partial charge in [-0.05, 0) is 59.2 Å². The van der Waals surface area contributed by atoms with Crippen molar-refractivity contribution in [2.75, 3.05) is 19.5 Å². The zero-order valence-corrected chi connectivity index (χ0v) is 20.2. The van der Waals surface area contributed by atoms with E-state index < -0.39 is 0 Å². The van der Waals surface area contributed by atoms with Crippen LogP contribution in [-0.4, -0.2) is 31.0 Å². The van der Waals surface area contributed by atoms with Crippen molar-refractivity contribution in [3.05, 3.63) is 108 Å². The summed E-state index contributed by atoms with van der Waals surface area (Å²) < 4.78 is 10.3. The molecular weight excluding hydrogens is 454 g/mol. The molecule has 2 N–H and O–H groups in total. The lowest BCUT2D eigenvalue weighted by atomic mass is 9.97. The number of carbonyl (C=O) groups is 2. The Balaban J connectivity index is 1.49. The summed E-state index contributed by atoms with van der Waals surface area (Å²) in [5.41, 5.74) is 4.22. The average molecular weight is 482 g/mol. The number of benzene rings is 3. The van der Waals surface area contributed by atoms with Crippen LogP contribution in [0.5, 0.6) is 11.5 Å². The van der Waals surface area contributed by atoms with Crippen LogP contribution in [0, 0.1) is 0 Å². The van der Waals surface area contributed by atoms with E-state index in [0.29, 0.717) is 29.2 Å². The van der Waals surface area contributed by atoms with Gasteiger partial charge in [0.15, 0.2) is 0 Å². The summed E-state index contributed by atoms with van der Waals surface area (Å²) in [6, 6.07) is 25.8. The van der Waals surface area contributed by atoms with Crippen LogP contribution in [0.1, 0.15) is 21.6 Å². The number of hydrogen-bond acceptors (Lipinski definition) is 5. The third-order valence-corrected chi connectivity index (χ3v) is 5.68. The molecule has 0 aliphatic rings. The smallest absolute Gasteiger partial charge is 0.274 e. The Hall–Kier alpha value is -4.65. The van der Waals surface area contributed by atoms with Crippen LogP contribution in [0.2, 0.25) is 0 Å². The molecule has 7 nitrogen and oxygen atoms in total. The summed E-state index contributed by atoms with van der Waals surface area (Å²) in [6.07, 6.45) is 1.85. The van der Waals surface area contributed by atoms with Crippen LogP contribution in [0.15, 0.2) is 91.1 Å². The lowest BCUT2D eigenvalue weighted by Crippen LogP contribution is -2.25. The predicted molar refractivity (Wildman–Crippen MR) is 139 cm³/mol. The van der Waals surface area contributed by atoms with Crippen LogP contribution in [0.4, 0.5) is 5.69 Å². The van der Waals surface area contributed by atoms with Gasteiger partial charge in [-0.15, -0.1) is 0 Å². The Labute approximate surface area is 210 Å². The van der Waals surface area contributed by atoms with Gasteiger partial charge in [0.1, 0.15) is 17.2 Å². The monoisotopic (exact) mass is 481 g/mol. The first-order valence-electron chi connectivity index (χ1n) is 11.5. The van der Waals surface area contributed by atoms with Crippen LogP contribution in [0.25, 0.3) is 11.1 Å². The maximum absolute atomic E-state index is 13.1. The molecule has 182 valence electrons. The van der Waals surface area contributed by atoms with Gasteiger partial charge in [0.05, 0.1) is 20.6 Å².